The Kier molecular flexibility index (Phi) is 3.72. The normalized spacial score (nSPS) is 10.1. The van der Waals surface area contributed by atoms with Gasteiger partial charge in [-0.05, 0) is 5.56 Å². The Hall–Kier alpha value is -1.61. The average Bonchev–Trinajstić information content (AvgIpc) is 2.30. The zero-order chi connectivity index (χ0) is 11.2. The van der Waals surface area contributed by atoms with Crippen molar-refractivity contribution in [2.45, 2.75) is 6.42 Å². The summed E-state index contributed by atoms with van der Waals surface area (Å²) >= 11 is 5.71. The maximum Gasteiger partial charge on any atom is 0.217 e. The first-order chi connectivity index (χ1) is 7.84. The molecule has 0 aliphatic rings. The molecule has 0 bridgehead atoms. The van der Waals surface area contributed by atoms with Gasteiger partial charge in [-0.3, -0.25) is 0 Å². The number of ether oxygens (including phenoxy) is 1. The summed E-state index contributed by atoms with van der Waals surface area (Å²) in [6, 6.07) is 11.8. The molecule has 0 saturated carbocycles. The van der Waals surface area contributed by atoms with Gasteiger partial charge in [-0.25, -0.2) is 9.97 Å². The fourth-order valence-corrected chi connectivity index (χ4v) is 1.45. The fourth-order valence-electron chi connectivity index (χ4n) is 1.31. The van der Waals surface area contributed by atoms with Crippen LogP contribution in [0.3, 0.4) is 0 Å². The fraction of sp³-hybridized carbons (Fsp3) is 0.167. The largest absolute Gasteiger partial charge is 0.477 e. The summed E-state index contributed by atoms with van der Waals surface area (Å²) < 4.78 is 5.46. The van der Waals surface area contributed by atoms with Crippen molar-refractivity contribution in [1.29, 1.82) is 0 Å². The number of aromatic nitrogens is 2. The Labute approximate surface area is 99.1 Å². The number of nitrogens with zero attached hydrogens (tertiary/aromatic N) is 2. The van der Waals surface area contributed by atoms with Crippen LogP contribution >= 0.6 is 11.6 Å². The van der Waals surface area contributed by atoms with Crippen LogP contribution in [0.1, 0.15) is 5.56 Å². The lowest BCUT2D eigenvalue weighted by Crippen LogP contribution is -2.02. The topological polar surface area (TPSA) is 35.0 Å². The molecule has 4 heteroatoms. The molecule has 0 aliphatic heterocycles. The van der Waals surface area contributed by atoms with Crippen molar-refractivity contribution < 1.29 is 4.74 Å². The average molecular weight is 235 g/mol. The molecule has 0 fully saturated rings. The number of halogens is 1. The van der Waals surface area contributed by atoms with Crippen LogP contribution in [-0.4, -0.2) is 16.6 Å². The second-order valence-corrected chi connectivity index (χ2v) is 3.65. The van der Waals surface area contributed by atoms with Crippen LogP contribution in [0.4, 0.5) is 0 Å². The first-order valence-electron chi connectivity index (χ1n) is 4.99. The molecule has 0 atom stereocenters. The number of hydrogen-bond donors (Lipinski definition) is 0. The van der Waals surface area contributed by atoms with Gasteiger partial charge in [0.1, 0.15) is 11.5 Å². The molecule has 0 N–H and O–H groups in total. The quantitative estimate of drug-likeness (QED) is 0.763. The zero-order valence-electron chi connectivity index (χ0n) is 8.64. The van der Waals surface area contributed by atoms with Gasteiger partial charge in [0.2, 0.25) is 5.88 Å². The van der Waals surface area contributed by atoms with E-state index in [2.05, 4.69) is 22.1 Å². The van der Waals surface area contributed by atoms with E-state index in [1.165, 1.54) is 11.9 Å². The molecule has 1 heterocycles. The number of benzene rings is 1. The van der Waals surface area contributed by atoms with Crippen molar-refractivity contribution in [1.82, 2.24) is 9.97 Å². The second kappa shape index (κ2) is 5.47. The van der Waals surface area contributed by atoms with Crippen molar-refractivity contribution >= 4 is 11.6 Å². The Morgan fingerprint density at radius 2 is 1.94 bits per heavy atom. The third kappa shape index (κ3) is 3.21. The first-order valence-corrected chi connectivity index (χ1v) is 5.36. The predicted octanol–water partition coefficient (Wildman–Crippen LogP) is 2.75. The van der Waals surface area contributed by atoms with Gasteiger partial charge in [0.15, 0.2) is 0 Å². The Balaban J connectivity index is 1.85. The number of hydrogen-bond acceptors (Lipinski definition) is 3. The van der Waals surface area contributed by atoms with Gasteiger partial charge in [-0.15, -0.1) is 0 Å². The summed E-state index contributed by atoms with van der Waals surface area (Å²) in [5.41, 5.74) is 1.24. The van der Waals surface area contributed by atoms with Gasteiger partial charge in [-0.1, -0.05) is 41.9 Å². The maximum atomic E-state index is 5.71. The molecule has 1 aromatic heterocycles. The van der Waals surface area contributed by atoms with Crippen LogP contribution in [0.2, 0.25) is 5.15 Å². The Morgan fingerprint density at radius 3 is 2.69 bits per heavy atom. The molecule has 1 aromatic carbocycles. The molecule has 2 aromatic rings. The van der Waals surface area contributed by atoms with Gasteiger partial charge in [0.05, 0.1) is 6.61 Å². The van der Waals surface area contributed by atoms with E-state index in [1.807, 2.05) is 18.2 Å². The Morgan fingerprint density at radius 1 is 1.12 bits per heavy atom. The minimum atomic E-state index is 0.393. The molecular weight excluding hydrogens is 224 g/mol. The second-order valence-electron chi connectivity index (χ2n) is 3.26. The van der Waals surface area contributed by atoms with Gasteiger partial charge in [-0.2, -0.15) is 0 Å². The van der Waals surface area contributed by atoms with E-state index < -0.39 is 0 Å². The van der Waals surface area contributed by atoms with Gasteiger partial charge in [0.25, 0.3) is 0 Å². The summed E-state index contributed by atoms with van der Waals surface area (Å²) in [7, 11) is 0. The lowest BCUT2D eigenvalue weighted by molar-refractivity contribution is 0.309. The molecule has 3 nitrogen and oxygen atoms in total. The molecule has 16 heavy (non-hydrogen) atoms. The van der Waals surface area contributed by atoms with Crippen LogP contribution < -0.4 is 4.74 Å². The predicted molar refractivity (Wildman–Crippen MR) is 62.7 cm³/mol. The van der Waals surface area contributed by atoms with Crippen LogP contribution in [0.25, 0.3) is 0 Å². The molecule has 0 spiro atoms. The van der Waals surface area contributed by atoms with Crippen LogP contribution in [0, 0.1) is 0 Å². The highest BCUT2D eigenvalue weighted by Crippen LogP contribution is 2.11. The minimum Gasteiger partial charge on any atom is -0.477 e. The molecule has 0 amide bonds. The maximum absolute atomic E-state index is 5.71. The highest BCUT2D eigenvalue weighted by Gasteiger charge is 1.97. The third-order valence-corrected chi connectivity index (χ3v) is 2.30. The van der Waals surface area contributed by atoms with Crippen molar-refractivity contribution in [3.8, 4) is 5.88 Å². The molecule has 0 radical (unpaired) electrons. The smallest absolute Gasteiger partial charge is 0.217 e. The van der Waals surface area contributed by atoms with Crippen molar-refractivity contribution in [3.05, 3.63) is 53.4 Å². The summed E-state index contributed by atoms with van der Waals surface area (Å²) in [6.07, 6.45) is 2.24. The monoisotopic (exact) mass is 234 g/mol. The molecule has 0 aliphatic carbocycles. The molecular formula is C12H11ClN2O. The van der Waals surface area contributed by atoms with E-state index in [0.717, 1.165) is 6.42 Å². The van der Waals surface area contributed by atoms with Crippen LogP contribution in [0.5, 0.6) is 5.88 Å². The van der Waals surface area contributed by atoms with E-state index in [1.54, 1.807) is 6.07 Å². The molecule has 0 unspecified atom stereocenters. The van der Waals surface area contributed by atoms with Crippen molar-refractivity contribution in [2.24, 2.45) is 0 Å². The van der Waals surface area contributed by atoms with Crippen LogP contribution in [0.15, 0.2) is 42.7 Å². The lowest BCUT2D eigenvalue weighted by atomic mass is 10.2. The standard InChI is InChI=1S/C12H11ClN2O/c13-11-8-12(15-9-14-11)16-7-6-10-4-2-1-3-5-10/h1-5,8-9H,6-7H2. The Bertz CT molecular complexity index is 448. The van der Waals surface area contributed by atoms with E-state index in [0.29, 0.717) is 17.6 Å². The summed E-state index contributed by atoms with van der Waals surface area (Å²) in [6.45, 7) is 0.581. The van der Waals surface area contributed by atoms with E-state index in [9.17, 15) is 0 Å². The third-order valence-electron chi connectivity index (χ3n) is 2.09. The van der Waals surface area contributed by atoms with E-state index in [-0.39, 0.29) is 0 Å². The summed E-state index contributed by atoms with van der Waals surface area (Å²) in [5, 5.41) is 0.393. The van der Waals surface area contributed by atoms with E-state index in [4.69, 9.17) is 16.3 Å². The zero-order valence-corrected chi connectivity index (χ0v) is 9.39. The van der Waals surface area contributed by atoms with Gasteiger partial charge in [0, 0.05) is 12.5 Å². The van der Waals surface area contributed by atoms with Gasteiger partial charge >= 0.3 is 0 Å². The van der Waals surface area contributed by atoms with E-state index >= 15 is 0 Å². The lowest BCUT2D eigenvalue weighted by Gasteiger charge is -2.04. The van der Waals surface area contributed by atoms with Crippen molar-refractivity contribution in [3.63, 3.8) is 0 Å². The van der Waals surface area contributed by atoms with Crippen LogP contribution in [-0.2, 0) is 6.42 Å². The summed E-state index contributed by atoms with van der Waals surface area (Å²) in [4.78, 5) is 7.73. The van der Waals surface area contributed by atoms with Gasteiger partial charge < -0.3 is 4.74 Å². The molecule has 82 valence electrons. The van der Waals surface area contributed by atoms with Crippen molar-refractivity contribution in [2.75, 3.05) is 6.61 Å². The number of rotatable bonds is 4. The first kappa shape index (κ1) is 10.9. The summed E-state index contributed by atoms with van der Waals surface area (Å²) in [5.74, 6) is 0.510. The minimum absolute atomic E-state index is 0.393. The SMILES string of the molecule is Clc1cc(OCCc2ccccc2)ncn1. The molecule has 2 rings (SSSR count). The highest BCUT2D eigenvalue weighted by atomic mass is 35.5. The highest BCUT2D eigenvalue weighted by molar-refractivity contribution is 6.29. The molecule has 0 saturated heterocycles.